The molecular weight excluding hydrogens is 322 g/mol. The lowest BCUT2D eigenvalue weighted by atomic mass is 10.2. The Morgan fingerprint density at radius 1 is 1.12 bits per heavy atom. The largest absolute Gasteiger partial charge is 0.425 e. The van der Waals surface area contributed by atoms with Crippen molar-refractivity contribution in [3.63, 3.8) is 0 Å². The van der Waals surface area contributed by atoms with Crippen molar-refractivity contribution in [1.82, 2.24) is 9.55 Å². The fourth-order valence-electron chi connectivity index (χ4n) is 2.33. The zero-order chi connectivity index (χ0) is 17.8. The van der Waals surface area contributed by atoms with Gasteiger partial charge in [0.2, 0.25) is 5.91 Å². The van der Waals surface area contributed by atoms with Crippen molar-refractivity contribution < 1.29 is 14.3 Å². The number of carbonyl (C=O) groups excluding carboxylic acids is 2. The molecule has 1 N–H and O–H groups in total. The fraction of sp³-hybridized carbons (Fsp3) is 0.111. The highest BCUT2D eigenvalue weighted by molar-refractivity contribution is 5.88. The van der Waals surface area contributed by atoms with E-state index in [1.165, 1.54) is 17.8 Å². The Bertz CT molecular complexity index is 993. The van der Waals surface area contributed by atoms with Gasteiger partial charge in [-0.05, 0) is 36.4 Å². The van der Waals surface area contributed by atoms with Crippen LogP contribution in [0.2, 0.25) is 0 Å². The van der Waals surface area contributed by atoms with E-state index in [-0.39, 0.29) is 18.0 Å². The third-order valence-electron chi connectivity index (χ3n) is 3.44. The molecule has 126 valence electrons. The predicted molar refractivity (Wildman–Crippen MR) is 92.4 cm³/mol. The molecule has 0 spiro atoms. The Balaban J connectivity index is 1.71. The van der Waals surface area contributed by atoms with Crippen LogP contribution in [0.1, 0.15) is 6.92 Å². The van der Waals surface area contributed by atoms with E-state index in [4.69, 9.17) is 4.74 Å². The van der Waals surface area contributed by atoms with Crippen LogP contribution in [0.15, 0.2) is 59.7 Å². The number of para-hydroxylation sites is 1. The van der Waals surface area contributed by atoms with E-state index in [2.05, 4.69) is 10.3 Å². The van der Waals surface area contributed by atoms with Crippen LogP contribution in [-0.2, 0) is 16.1 Å². The number of ether oxygens (including phenoxy) is 1. The molecule has 25 heavy (non-hydrogen) atoms. The van der Waals surface area contributed by atoms with E-state index in [1.54, 1.807) is 48.5 Å². The van der Waals surface area contributed by atoms with Crippen molar-refractivity contribution in [1.29, 1.82) is 0 Å². The van der Waals surface area contributed by atoms with Crippen molar-refractivity contribution in [3.05, 3.63) is 65.2 Å². The van der Waals surface area contributed by atoms with Gasteiger partial charge in [-0.2, -0.15) is 0 Å². The molecule has 0 atom stereocenters. The summed E-state index contributed by atoms with van der Waals surface area (Å²) in [4.78, 5) is 39.5. The van der Waals surface area contributed by atoms with Crippen LogP contribution in [0.25, 0.3) is 10.9 Å². The molecule has 0 bridgehead atoms. The summed E-state index contributed by atoms with van der Waals surface area (Å²) in [6.45, 7) is 1.16. The highest BCUT2D eigenvalue weighted by Gasteiger charge is 2.10. The van der Waals surface area contributed by atoms with Gasteiger partial charge in [0.15, 0.2) is 0 Å². The summed E-state index contributed by atoms with van der Waals surface area (Å²) in [5.41, 5.74) is 0.872. The molecular formula is C18H15N3O4. The zero-order valence-electron chi connectivity index (χ0n) is 13.4. The third kappa shape index (κ3) is 3.89. The molecule has 2 aromatic carbocycles. The van der Waals surface area contributed by atoms with Crippen molar-refractivity contribution >= 4 is 28.5 Å². The van der Waals surface area contributed by atoms with Crippen LogP contribution in [0.5, 0.6) is 5.75 Å². The predicted octanol–water partition coefficient (Wildman–Crippen LogP) is 1.96. The number of amides is 1. The second-order valence-corrected chi connectivity index (χ2v) is 5.37. The van der Waals surface area contributed by atoms with E-state index in [9.17, 15) is 14.4 Å². The van der Waals surface area contributed by atoms with Gasteiger partial charge < -0.3 is 10.1 Å². The maximum absolute atomic E-state index is 12.3. The lowest BCUT2D eigenvalue weighted by Gasteiger charge is -2.08. The molecule has 0 radical (unpaired) electrons. The number of fused-ring (bicyclic) bond motifs is 1. The Kier molecular flexibility index (Phi) is 4.56. The second-order valence-electron chi connectivity index (χ2n) is 5.37. The first-order chi connectivity index (χ1) is 12.0. The van der Waals surface area contributed by atoms with E-state index in [0.29, 0.717) is 22.3 Å². The molecule has 3 aromatic rings. The molecule has 0 saturated carbocycles. The van der Waals surface area contributed by atoms with Crippen LogP contribution in [0, 0.1) is 0 Å². The van der Waals surface area contributed by atoms with E-state index >= 15 is 0 Å². The SMILES string of the molecule is CC(=O)Nc1ccc(OC(=O)Cn2cnc3ccccc3c2=O)cc1. The number of anilines is 1. The molecule has 0 saturated heterocycles. The summed E-state index contributed by atoms with van der Waals surface area (Å²) >= 11 is 0. The van der Waals surface area contributed by atoms with Gasteiger partial charge in [-0.3, -0.25) is 14.2 Å². The number of aromatic nitrogens is 2. The minimum Gasteiger partial charge on any atom is -0.425 e. The normalized spacial score (nSPS) is 10.4. The number of hydrogen-bond acceptors (Lipinski definition) is 5. The van der Waals surface area contributed by atoms with E-state index in [1.807, 2.05) is 0 Å². The smallest absolute Gasteiger partial charge is 0.331 e. The topological polar surface area (TPSA) is 90.3 Å². The number of rotatable bonds is 4. The zero-order valence-corrected chi connectivity index (χ0v) is 13.4. The monoisotopic (exact) mass is 337 g/mol. The quantitative estimate of drug-likeness (QED) is 0.580. The number of carbonyl (C=O) groups is 2. The first kappa shape index (κ1) is 16.4. The lowest BCUT2D eigenvalue weighted by Crippen LogP contribution is -2.26. The van der Waals surface area contributed by atoms with Gasteiger partial charge >= 0.3 is 5.97 Å². The second kappa shape index (κ2) is 6.96. The summed E-state index contributed by atoms with van der Waals surface area (Å²) in [7, 11) is 0. The molecule has 0 aliphatic carbocycles. The summed E-state index contributed by atoms with van der Waals surface area (Å²) < 4.78 is 6.41. The van der Waals surface area contributed by atoms with Crippen molar-refractivity contribution in [2.45, 2.75) is 13.5 Å². The van der Waals surface area contributed by atoms with Crippen molar-refractivity contribution in [3.8, 4) is 5.75 Å². The maximum atomic E-state index is 12.3. The standard InChI is InChI=1S/C18H15N3O4/c1-12(22)20-13-6-8-14(9-7-13)25-17(23)10-21-11-19-16-5-3-2-4-15(16)18(21)24/h2-9,11H,10H2,1H3,(H,20,22). The van der Waals surface area contributed by atoms with Gasteiger partial charge in [0, 0.05) is 12.6 Å². The van der Waals surface area contributed by atoms with E-state index in [0.717, 1.165) is 0 Å². The average Bonchev–Trinajstić information content (AvgIpc) is 2.59. The van der Waals surface area contributed by atoms with Crippen LogP contribution >= 0.6 is 0 Å². The molecule has 1 amide bonds. The first-order valence-electron chi connectivity index (χ1n) is 7.55. The molecule has 0 fully saturated rings. The van der Waals surface area contributed by atoms with Crippen molar-refractivity contribution in [2.75, 3.05) is 5.32 Å². The van der Waals surface area contributed by atoms with Crippen LogP contribution in [0.3, 0.4) is 0 Å². The molecule has 7 heteroatoms. The summed E-state index contributed by atoms with van der Waals surface area (Å²) in [6.07, 6.45) is 1.33. The van der Waals surface area contributed by atoms with Gasteiger partial charge in [0.25, 0.3) is 5.56 Å². The number of benzene rings is 2. The van der Waals surface area contributed by atoms with Gasteiger partial charge in [-0.1, -0.05) is 12.1 Å². The Labute approximate surface area is 142 Å². The van der Waals surface area contributed by atoms with Crippen LogP contribution < -0.4 is 15.6 Å². The molecule has 0 unspecified atom stereocenters. The van der Waals surface area contributed by atoms with Gasteiger partial charge in [-0.25, -0.2) is 9.78 Å². The summed E-state index contributed by atoms with van der Waals surface area (Å²) in [5, 5.41) is 3.06. The molecule has 1 heterocycles. The van der Waals surface area contributed by atoms with Gasteiger partial charge in [0.1, 0.15) is 12.3 Å². The lowest BCUT2D eigenvalue weighted by molar-refractivity contribution is -0.135. The molecule has 0 aliphatic rings. The first-order valence-corrected chi connectivity index (χ1v) is 7.55. The minimum atomic E-state index is -0.591. The number of nitrogens with zero attached hydrogens (tertiary/aromatic N) is 2. The number of hydrogen-bond donors (Lipinski definition) is 1. The third-order valence-corrected chi connectivity index (χ3v) is 3.44. The van der Waals surface area contributed by atoms with Crippen LogP contribution in [-0.4, -0.2) is 21.4 Å². The maximum Gasteiger partial charge on any atom is 0.331 e. The van der Waals surface area contributed by atoms with E-state index < -0.39 is 5.97 Å². The average molecular weight is 337 g/mol. The van der Waals surface area contributed by atoms with Gasteiger partial charge in [-0.15, -0.1) is 0 Å². The summed E-state index contributed by atoms with van der Waals surface area (Å²) in [6, 6.07) is 13.3. The number of esters is 1. The minimum absolute atomic E-state index is 0.187. The number of nitrogens with one attached hydrogen (secondary N) is 1. The molecule has 1 aromatic heterocycles. The Morgan fingerprint density at radius 3 is 2.56 bits per heavy atom. The fourth-order valence-corrected chi connectivity index (χ4v) is 2.33. The molecule has 7 nitrogen and oxygen atoms in total. The highest BCUT2D eigenvalue weighted by Crippen LogP contribution is 2.16. The summed E-state index contributed by atoms with van der Waals surface area (Å²) in [5.74, 6) is -0.458. The van der Waals surface area contributed by atoms with Crippen molar-refractivity contribution in [2.24, 2.45) is 0 Å². The Morgan fingerprint density at radius 2 is 1.84 bits per heavy atom. The van der Waals surface area contributed by atoms with Gasteiger partial charge in [0.05, 0.1) is 17.2 Å². The highest BCUT2D eigenvalue weighted by atomic mass is 16.5. The molecule has 0 aliphatic heterocycles. The Hall–Kier alpha value is -3.48. The van der Waals surface area contributed by atoms with Crippen LogP contribution in [0.4, 0.5) is 5.69 Å². The molecule has 3 rings (SSSR count).